The second kappa shape index (κ2) is 8.31. The van der Waals surface area contributed by atoms with Crippen molar-refractivity contribution in [2.24, 2.45) is 0 Å². The summed E-state index contributed by atoms with van der Waals surface area (Å²) in [6.07, 6.45) is 0.179. The summed E-state index contributed by atoms with van der Waals surface area (Å²) in [6.45, 7) is 1.22. The minimum Gasteiger partial charge on any atom is -0.502 e. The fourth-order valence-electron chi connectivity index (χ4n) is 3.40. The molecule has 0 spiro atoms. The average Bonchev–Trinajstić information content (AvgIpc) is 2.92. The average molecular weight is 470 g/mol. The van der Waals surface area contributed by atoms with E-state index in [4.69, 9.17) is 4.74 Å². The van der Waals surface area contributed by atoms with Gasteiger partial charge in [0.25, 0.3) is 5.69 Å². The number of phenolic OH excluding ortho intramolecular Hbond substituents is 1. The molecule has 0 aliphatic carbocycles. The molecular formula is C19H14N6O7S. The Hall–Kier alpha value is -4.33. The smallest absolute Gasteiger partial charge is 0.318 e. The van der Waals surface area contributed by atoms with Crippen LogP contribution >= 0.6 is 11.8 Å². The predicted molar refractivity (Wildman–Crippen MR) is 115 cm³/mol. The van der Waals surface area contributed by atoms with Crippen molar-refractivity contribution in [3.63, 3.8) is 0 Å². The molecule has 1 aliphatic heterocycles. The Kier molecular flexibility index (Phi) is 5.51. The number of rotatable bonds is 4. The zero-order valence-corrected chi connectivity index (χ0v) is 17.8. The number of hydrogen-bond acceptors (Lipinski definition) is 11. The fourth-order valence-corrected chi connectivity index (χ4v) is 3.70. The van der Waals surface area contributed by atoms with E-state index >= 15 is 0 Å². The molecule has 0 saturated heterocycles. The first-order valence-electron chi connectivity index (χ1n) is 9.23. The number of carbonyl (C=O) groups is 1. The normalized spacial score (nSPS) is 14.5. The number of aromatic nitrogens is 3. The minimum atomic E-state index is -1.53. The highest BCUT2D eigenvalue weighted by Gasteiger charge is 2.39. The second-order valence-corrected chi connectivity index (χ2v) is 7.52. The fraction of sp³-hybridized carbons (Fsp3) is 0.158. The van der Waals surface area contributed by atoms with Crippen molar-refractivity contribution in [1.29, 1.82) is 0 Å². The van der Waals surface area contributed by atoms with Crippen LogP contribution in [0, 0.1) is 20.2 Å². The van der Waals surface area contributed by atoms with Gasteiger partial charge in [0.2, 0.25) is 28.9 Å². The summed E-state index contributed by atoms with van der Waals surface area (Å²) < 4.78 is 5.97. The van der Waals surface area contributed by atoms with Gasteiger partial charge in [-0.15, -0.1) is 10.2 Å². The number of para-hydroxylation sites is 1. The Labute approximate surface area is 189 Å². The van der Waals surface area contributed by atoms with Crippen LogP contribution in [0.15, 0.2) is 41.6 Å². The summed E-state index contributed by atoms with van der Waals surface area (Å²) in [4.78, 5) is 39.2. The van der Waals surface area contributed by atoms with Gasteiger partial charge in [0, 0.05) is 18.6 Å². The lowest BCUT2D eigenvalue weighted by Gasteiger charge is -2.29. The number of thioether (sulfide) groups is 1. The zero-order chi connectivity index (χ0) is 23.9. The molecule has 1 unspecified atom stereocenters. The lowest BCUT2D eigenvalue weighted by molar-refractivity contribution is -0.394. The van der Waals surface area contributed by atoms with E-state index in [-0.39, 0.29) is 28.0 Å². The van der Waals surface area contributed by atoms with Crippen molar-refractivity contribution in [2.45, 2.75) is 18.3 Å². The zero-order valence-electron chi connectivity index (χ0n) is 17.0. The Balaban J connectivity index is 2.05. The van der Waals surface area contributed by atoms with E-state index in [9.17, 15) is 30.1 Å². The maximum atomic E-state index is 12.8. The molecule has 0 saturated carbocycles. The number of nitrogens with zero attached hydrogens (tertiary/aromatic N) is 6. The van der Waals surface area contributed by atoms with Gasteiger partial charge in [-0.3, -0.25) is 29.9 Å². The van der Waals surface area contributed by atoms with Gasteiger partial charge in [-0.05, 0) is 12.3 Å². The molecule has 0 radical (unpaired) electrons. The van der Waals surface area contributed by atoms with Crippen LogP contribution in [0.4, 0.5) is 17.1 Å². The van der Waals surface area contributed by atoms with Crippen LogP contribution < -0.4 is 9.64 Å². The molecule has 1 atom stereocenters. The third kappa shape index (κ3) is 3.76. The molecule has 2 aromatic carbocycles. The number of amides is 1. The first-order valence-corrected chi connectivity index (χ1v) is 10.5. The van der Waals surface area contributed by atoms with E-state index < -0.39 is 39.1 Å². The number of carbonyl (C=O) groups excluding carboxylic acids is 1. The quantitative estimate of drug-likeness (QED) is 0.336. The van der Waals surface area contributed by atoms with Gasteiger partial charge in [0.05, 0.1) is 27.2 Å². The van der Waals surface area contributed by atoms with Gasteiger partial charge >= 0.3 is 5.69 Å². The van der Waals surface area contributed by atoms with Crippen LogP contribution in [0.5, 0.6) is 11.6 Å². The van der Waals surface area contributed by atoms with E-state index in [2.05, 4.69) is 15.2 Å². The molecule has 13 nitrogen and oxygen atoms in total. The van der Waals surface area contributed by atoms with E-state index in [0.717, 1.165) is 11.0 Å². The van der Waals surface area contributed by atoms with Crippen molar-refractivity contribution in [3.8, 4) is 22.9 Å². The van der Waals surface area contributed by atoms with E-state index in [1.807, 2.05) is 0 Å². The van der Waals surface area contributed by atoms with Crippen molar-refractivity contribution in [1.82, 2.24) is 15.2 Å². The van der Waals surface area contributed by atoms with Crippen molar-refractivity contribution in [3.05, 3.63) is 62.2 Å². The Morgan fingerprint density at radius 1 is 1.18 bits per heavy atom. The molecule has 2 heterocycles. The lowest BCUT2D eigenvalue weighted by Crippen LogP contribution is -2.36. The number of hydrogen-bond donors (Lipinski definition) is 1. The molecule has 1 N–H and O–H groups in total. The molecule has 14 heteroatoms. The highest BCUT2D eigenvalue weighted by atomic mass is 32.2. The maximum Gasteiger partial charge on any atom is 0.318 e. The summed E-state index contributed by atoms with van der Waals surface area (Å²) in [6, 6.07) is 8.12. The van der Waals surface area contributed by atoms with Crippen LogP contribution in [0.2, 0.25) is 0 Å². The second-order valence-electron chi connectivity index (χ2n) is 6.75. The van der Waals surface area contributed by atoms with E-state index in [1.165, 1.54) is 18.7 Å². The van der Waals surface area contributed by atoms with Crippen LogP contribution in [0.25, 0.3) is 11.3 Å². The number of nitro groups is 2. The van der Waals surface area contributed by atoms with Gasteiger partial charge in [-0.2, -0.15) is 4.98 Å². The molecule has 1 aliphatic rings. The largest absolute Gasteiger partial charge is 0.502 e. The Morgan fingerprint density at radius 3 is 2.55 bits per heavy atom. The molecule has 168 valence electrons. The molecular weight excluding hydrogens is 456 g/mol. The van der Waals surface area contributed by atoms with Crippen LogP contribution in [0.3, 0.4) is 0 Å². The molecule has 33 heavy (non-hydrogen) atoms. The van der Waals surface area contributed by atoms with Crippen LogP contribution in [0.1, 0.15) is 18.7 Å². The number of nitro benzene ring substituents is 2. The summed E-state index contributed by atoms with van der Waals surface area (Å²) in [5.41, 5.74) is -1.03. The third-order valence-electron chi connectivity index (χ3n) is 4.81. The molecule has 0 fully saturated rings. The minimum absolute atomic E-state index is 0.0656. The van der Waals surface area contributed by atoms with Crippen molar-refractivity contribution < 1.29 is 24.5 Å². The standard InChI is InChI=1S/C19H14N6O7S/c1-9(26)23-13-6-4-3-5-11(13)15-17(20-19(33-2)22-21-15)32-18(23)12-7-10(24(28)29)8-14(16(12)27)25(30)31/h3-8,18,27H,1-2H3. The maximum absolute atomic E-state index is 12.8. The SMILES string of the molecule is CSc1nnc2c(n1)OC(c1cc([N+](=O)[O-])cc([N+](=O)[O-])c1O)N(C(C)=O)c1ccccc1-2. The van der Waals surface area contributed by atoms with Crippen molar-refractivity contribution in [2.75, 3.05) is 11.2 Å². The number of fused-ring (bicyclic) bond motifs is 3. The molecule has 0 bridgehead atoms. The van der Waals surface area contributed by atoms with E-state index in [0.29, 0.717) is 11.6 Å². The van der Waals surface area contributed by atoms with Crippen molar-refractivity contribution >= 4 is 34.7 Å². The molecule has 1 aromatic heterocycles. The summed E-state index contributed by atoms with van der Waals surface area (Å²) in [5.74, 6) is -1.51. The number of benzene rings is 2. The number of aromatic hydroxyl groups is 1. The topological polar surface area (TPSA) is 175 Å². The number of phenols is 1. The predicted octanol–water partition coefficient (Wildman–Crippen LogP) is 3.23. The lowest BCUT2D eigenvalue weighted by atomic mass is 10.1. The van der Waals surface area contributed by atoms with Gasteiger partial charge in [-0.25, -0.2) is 0 Å². The highest BCUT2D eigenvalue weighted by Crippen LogP contribution is 2.47. The first kappa shape index (κ1) is 21.9. The van der Waals surface area contributed by atoms with Gasteiger partial charge in [0.1, 0.15) is 0 Å². The number of ether oxygens (including phenoxy) is 1. The van der Waals surface area contributed by atoms with E-state index in [1.54, 1.807) is 30.5 Å². The molecule has 1 amide bonds. The Morgan fingerprint density at radius 2 is 1.91 bits per heavy atom. The number of anilines is 1. The van der Waals surface area contributed by atoms with Crippen LogP contribution in [-0.4, -0.2) is 42.3 Å². The first-order chi connectivity index (χ1) is 15.7. The molecule has 3 aromatic rings. The van der Waals surface area contributed by atoms with Gasteiger partial charge in [-0.1, -0.05) is 30.0 Å². The van der Waals surface area contributed by atoms with Gasteiger partial charge in [0.15, 0.2) is 5.69 Å². The summed E-state index contributed by atoms with van der Waals surface area (Å²) >= 11 is 1.18. The summed E-state index contributed by atoms with van der Waals surface area (Å²) in [7, 11) is 0. The third-order valence-corrected chi connectivity index (χ3v) is 5.35. The summed E-state index contributed by atoms with van der Waals surface area (Å²) in [5, 5.41) is 42.0. The monoisotopic (exact) mass is 470 g/mol. The molecule has 4 rings (SSSR count). The number of non-ortho nitro benzene ring substituents is 1. The van der Waals surface area contributed by atoms with Crippen LogP contribution in [-0.2, 0) is 4.79 Å². The highest BCUT2D eigenvalue weighted by molar-refractivity contribution is 7.98. The van der Waals surface area contributed by atoms with Gasteiger partial charge < -0.3 is 9.84 Å². The Bertz CT molecular complexity index is 1320.